The molecule has 14 rings (SSSR count). The van der Waals surface area contributed by atoms with Gasteiger partial charge in [0.2, 0.25) is 0 Å². The highest BCUT2D eigenvalue weighted by Gasteiger charge is 2.46. The Morgan fingerprint density at radius 1 is 0.274 bits per heavy atom. The van der Waals surface area contributed by atoms with Crippen LogP contribution in [0, 0.1) is 0 Å². The molecule has 0 aliphatic heterocycles. The molecule has 0 fully saturated rings. The zero-order valence-corrected chi connectivity index (χ0v) is 40.0. The highest BCUT2D eigenvalue weighted by Crippen LogP contribution is 2.57. The molecule has 0 atom stereocenters. The molecule has 0 unspecified atom stereocenters. The largest absolute Gasteiger partial charge is 0.456 e. The summed E-state index contributed by atoms with van der Waals surface area (Å²) >= 11 is 0. The lowest BCUT2D eigenvalue weighted by Crippen LogP contribution is -2.28. The smallest absolute Gasteiger partial charge is 0.135 e. The SMILES string of the molecule is c1ccc(C2(c3ccccc3)c3ccccc3-c3ccc(-c4ccc(N(c5ccc(-c6ccc7oc8ccccc8c7c6)cc5)c5ccccc5-c5cccc(-c6cccc7ccccc67)c5)cc4)cc32)cc1. The summed E-state index contributed by atoms with van der Waals surface area (Å²) in [6.07, 6.45) is 0. The number of fused-ring (bicyclic) bond motifs is 7. The number of furan rings is 1. The number of hydrogen-bond acceptors (Lipinski definition) is 2. The van der Waals surface area contributed by atoms with Crippen LogP contribution in [-0.2, 0) is 5.41 Å². The summed E-state index contributed by atoms with van der Waals surface area (Å²) in [5.41, 5.74) is 21.6. The summed E-state index contributed by atoms with van der Waals surface area (Å²) in [5, 5.41) is 4.73. The first-order chi connectivity index (χ1) is 36.2. The second-order valence-corrected chi connectivity index (χ2v) is 19.2. The standard InChI is InChI=1S/C71H47NO/c1-3-21-55(22-4-1)71(56-23-5-2-6-24-56)66-30-12-9-27-62(66)63-43-37-52(47-67(63)71)49-35-41-58(42-36-49)72(57-39-33-48(34-40-57)51-38-44-70-65(46-51)64-28-11-14-32-69(64)73-70)68-31-13-10-26-61(68)54-20-15-19-53(45-54)60-29-16-18-50-17-7-8-25-59(50)60/h1-47H. The van der Waals surface area contributed by atoms with Gasteiger partial charge in [0.15, 0.2) is 0 Å². The zero-order valence-electron chi connectivity index (χ0n) is 40.0. The Hall–Kier alpha value is -9.50. The molecular weight excluding hydrogens is 883 g/mol. The third-order valence-electron chi connectivity index (χ3n) is 15.2. The fourth-order valence-electron chi connectivity index (χ4n) is 11.8. The van der Waals surface area contributed by atoms with Gasteiger partial charge in [-0.3, -0.25) is 0 Å². The summed E-state index contributed by atoms with van der Waals surface area (Å²) in [6, 6.07) is 104. The molecule has 2 nitrogen and oxygen atoms in total. The van der Waals surface area contributed by atoms with Crippen molar-refractivity contribution in [1.29, 1.82) is 0 Å². The minimum absolute atomic E-state index is 0.472. The predicted octanol–water partition coefficient (Wildman–Crippen LogP) is 19.2. The molecule has 0 spiro atoms. The minimum Gasteiger partial charge on any atom is -0.456 e. The van der Waals surface area contributed by atoms with Gasteiger partial charge in [-0.15, -0.1) is 0 Å². The Bertz CT molecular complexity index is 4140. The molecule has 1 heterocycles. The molecule has 13 aromatic rings. The summed E-state index contributed by atoms with van der Waals surface area (Å²) < 4.78 is 6.20. The van der Waals surface area contributed by atoms with Crippen LogP contribution in [0.5, 0.6) is 0 Å². The monoisotopic (exact) mass is 929 g/mol. The van der Waals surface area contributed by atoms with Gasteiger partial charge in [-0.2, -0.15) is 0 Å². The maximum absolute atomic E-state index is 6.20. The Morgan fingerprint density at radius 2 is 0.781 bits per heavy atom. The van der Waals surface area contributed by atoms with E-state index in [0.717, 1.165) is 66.8 Å². The molecule has 1 aliphatic carbocycles. The van der Waals surface area contributed by atoms with E-state index in [2.05, 4.69) is 278 Å². The predicted molar refractivity (Wildman–Crippen MR) is 305 cm³/mol. The zero-order chi connectivity index (χ0) is 48.3. The number of hydrogen-bond donors (Lipinski definition) is 0. The molecule has 342 valence electrons. The molecule has 0 N–H and O–H groups in total. The number of benzene rings is 12. The number of rotatable bonds is 9. The molecule has 0 bridgehead atoms. The summed E-state index contributed by atoms with van der Waals surface area (Å²) in [4.78, 5) is 2.41. The van der Waals surface area contributed by atoms with Crippen molar-refractivity contribution in [3.63, 3.8) is 0 Å². The Morgan fingerprint density at radius 3 is 1.52 bits per heavy atom. The van der Waals surface area contributed by atoms with Gasteiger partial charge in [0.25, 0.3) is 0 Å². The Labute approximate surface area is 425 Å². The average molecular weight is 930 g/mol. The van der Waals surface area contributed by atoms with Crippen LogP contribution in [0.3, 0.4) is 0 Å². The van der Waals surface area contributed by atoms with E-state index in [-0.39, 0.29) is 0 Å². The van der Waals surface area contributed by atoms with Crippen molar-refractivity contribution in [2.45, 2.75) is 5.41 Å². The van der Waals surface area contributed by atoms with Crippen LogP contribution < -0.4 is 4.90 Å². The molecule has 0 radical (unpaired) electrons. The van der Waals surface area contributed by atoms with Gasteiger partial charge in [0.1, 0.15) is 11.2 Å². The van der Waals surface area contributed by atoms with Gasteiger partial charge < -0.3 is 9.32 Å². The lowest BCUT2D eigenvalue weighted by atomic mass is 9.67. The van der Waals surface area contributed by atoms with Crippen LogP contribution in [0.2, 0.25) is 0 Å². The van der Waals surface area contributed by atoms with Crippen molar-refractivity contribution in [1.82, 2.24) is 0 Å². The molecule has 2 heteroatoms. The van der Waals surface area contributed by atoms with Crippen molar-refractivity contribution in [2.24, 2.45) is 0 Å². The number of nitrogens with zero attached hydrogens (tertiary/aromatic N) is 1. The first-order valence-electron chi connectivity index (χ1n) is 25.1. The van der Waals surface area contributed by atoms with E-state index in [1.54, 1.807) is 0 Å². The first-order valence-corrected chi connectivity index (χ1v) is 25.1. The highest BCUT2D eigenvalue weighted by atomic mass is 16.3. The summed E-state index contributed by atoms with van der Waals surface area (Å²) in [5.74, 6) is 0. The third-order valence-corrected chi connectivity index (χ3v) is 15.2. The van der Waals surface area contributed by atoms with Gasteiger partial charge in [0, 0.05) is 27.7 Å². The molecular formula is C71H47NO. The molecule has 12 aromatic carbocycles. The normalized spacial score (nSPS) is 12.5. The quantitative estimate of drug-likeness (QED) is 0.143. The summed E-state index contributed by atoms with van der Waals surface area (Å²) in [7, 11) is 0. The molecule has 1 aliphatic rings. The maximum atomic E-state index is 6.20. The lowest BCUT2D eigenvalue weighted by molar-refractivity contribution is 0.669. The van der Waals surface area contributed by atoms with Crippen LogP contribution in [0.15, 0.2) is 290 Å². The maximum Gasteiger partial charge on any atom is 0.135 e. The van der Waals surface area contributed by atoms with Gasteiger partial charge in [0.05, 0.1) is 11.1 Å². The van der Waals surface area contributed by atoms with E-state index in [1.165, 1.54) is 60.8 Å². The van der Waals surface area contributed by atoms with Crippen LogP contribution in [0.4, 0.5) is 17.1 Å². The Balaban J connectivity index is 0.894. The molecule has 1 aromatic heterocycles. The van der Waals surface area contributed by atoms with E-state index >= 15 is 0 Å². The Kier molecular flexibility index (Phi) is 10.1. The second-order valence-electron chi connectivity index (χ2n) is 19.2. The number of anilines is 3. The van der Waals surface area contributed by atoms with Gasteiger partial charge in [-0.1, -0.05) is 224 Å². The van der Waals surface area contributed by atoms with Crippen LogP contribution in [0.25, 0.3) is 88.3 Å². The van der Waals surface area contributed by atoms with Gasteiger partial charge in [-0.05, 0) is 144 Å². The van der Waals surface area contributed by atoms with Crippen LogP contribution in [0.1, 0.15) is 22.3 Å². The van der Waals surface area contributed by atoms with E-state index < -0.39 is 5.41 Å². The van der Waals surface area contributed by atoms with E-state index in [1.807, 2.05) is 12.1 Å². The topological polar surface area (TPSA) is 16.4 Å². The minimum atomic E-state index is -0.472. The second kappa shape index (κ2) is 17.4. The van der Waals surface area contributed by atoms with Crippen molar-refractivity contribution in [3.8, 4) is 55.6 Å². The third kappa shape index (κ3) is 7.02. The van der Waals surface area contributed by atoms with E-state index in [9.17, 15) is 0 Å². The fourth-order valence-corrected chi connectivity index (χ4v) is 11.8. The van der Waals surface area contributed by atoms with Crippen molar-refractivity contribution >= 4 is 49.8 Å². The van der Waals surface area contributed by atoms with Gasteiger partial charge in [-0.25, -0.2) is 0 Å². The van der Waals surface area contributed by atoms with Crippen molar-refractivity contribution < 1.29 is 4.42 Å². The van der Waals surface area contributed by atoms with Gasteiger partial charge >= 0.3 is 0 Å². The van der Waals surface area contributed by atoms with Crippen LogP contribution >= 0.6 is 0 Å². The number of para-hydroxylation sites is 2. The molecule has 0 saturated carbocycles. The molecule has 0 amide bonds. The highest BCUT2D eigenvalue weighted by molar-refractivity contribution is 6.06. The average Bonchev–Trinajstić information content (AvgIpc) is 3.99. The van der Waals surface area contributed by atoms with Crippen molar-refractivity contribution in [3.05, 3.63) is 307 Å². The fraction of sp³-hybridized carbons (Fsp3) is 0.0141. The summed E-state index contributed by atoms with van der Waals surface area (Å²) in [6.45, 7) is 0. The first kappa shape index (κ1) is 42.4. The van der Waals surface area contributed by atoms with Crippen LogP contribution in [-0.4, -0.2) is 0 Å². The van der Waals surface area contributed by atoms with E-state index in [4.69, 9.17) is 4.42 Å². The molecule has 73 heavy (non-hydrogen) atoms. The lowest BCUT2D eigenvalue weighted by Gasteiger charge is -2.34. The van der Waals surface area contributed by atoms with E-state index in [0.29, 0.717) is 0 Å². The van der Waals surface area contributed by atoms with Crippen molar-refractivity contribution in [2.75, 3.05) is 4.90 Å². The molecule has 0 saturated heterocycles.